The third kappa shape index (κ3) is 11.6. The van der Waals surface area contributed by atoms with E-state index in [-0.39, 0.29) is 36.5 Å². The van der Waals surface area contributed by atoms with Crippen LogP contribution in [-0.2, 0) is 25.7 Å². The van der Waals surface area contributed by atoms with E-state index in [4.69, 9.17) is 0 Å². The van der Waals surface area contributed by atoms with Gasteiger partial charge in [-0.1, -0.05) is 36.8 Å². The van der Waals surface area contributed by atoms with E-state index in [2.05, 4.69) is 16.0 Å². The number of hydrogen-bond acceptors (Lipinski definition) is 5. The summed E-state index contributed by atoms with van der Waals surface area (Å²) in [4.78, 5) is 52.3. The minimum Gasteiger partial charge on any atom is -0.356 e. The first-order chi connectivity index (χ1) is 17.0. The smallest absolute Gasteiger partial charge is 0.242 e. The number of thioether (sulfide) groups is 1. The van der Waals surface area contributed by atoms with Crippen LogP contribution in [0.3, 0.4) is 0 Å². The summed E-state index contributed by atoms with van der Waals surface area (Å²) in [7, 11) is 0. The normalized spacial score (nSPS) is 20.5. The summed E-state index contributed by atoms with van der Waals surface area (Å²) in [6.07, 6.45) is 6.93. The number of hydrogen-bond donors (Lipinski definition) is 3. The molecule has 1 atom stereocenters. The molecule has 9 heteroatoms. The van der Waals surface area contributed by atoms with Gasteiger partial charge in [0.05, 0.1) is 0 Å². The van der Waals surface area contributed by atoms with Crippen molar-refractivity contribution in [1.82, 2.24) is 20.9 Å². The van der Waals surface area contributed by atoms with Crippen molar-refractivity contribution in [3.05, 3.63) is 35.9 Å². The zero-order chi connectivity index (χ0) is 25.3. The number of nitrogens with one attached hydrogen (secondary N) is 3. The van der Waals surface area contributed by atoms with Crippen LogP contribution in [0.2, 0.25) is 0 Å². The molecular weight excluding hydrogens is 464 g/mol. The van der Waals surface area contributed by atoms with E-state index in [1.54, 1.807) is 16.7 Å². The third-order valence-corrected chi connectivity index (χ3v) is 6.61. The lowest BCUT2D eigenvalue weighted by molar-refractivity contribution is -0.141. The second kappa shape index (κ2) is 17.0. The highest BCUT2D eigenvalue weighted by atomic mass is 32.2. The Morgan fingerprint density at radius 1 is 0.800 bits per heavy atom. The molecule has 3 N–H and O–H groups in total. The molecule has 1 saturated heterocycles. The maximum absolute atomic E-state index is 13.3. The molecule has 35 heavy (non-hydrogen) atoms. The Balaban J connectivity index is 2.13. The van der Waals surface area contributed by atoms with Crippen LogP contribution in [-0.4, -0.2) is 66.2 Å². The molecule has 1 aliphatic heterocycles. The zero-order valence-corrected chi connectivity index (χ0v) is 21.7. The number of carbonyl (C=O) groups is 4. The fourth-order valence-electron chi connectivity index (χ4n) is 3.99. The van der Waals surface area contributed by atoms with Gasteiger partial charge in [-0.3, -0.25) is 19.2 Å². The quantitative estimate of drug-likeness (QED) is 0.571. The molecule has 2 rings (SSSR count). The minimum absolute atomic E-state index is 0.0157. The average Bonchev–Trinajstić information content (AvgIpc) is 2.85. The van der Waals surface area contributed by atoms with Crippen LogP contribution in [0.1, 0.15) is 63.4 Å². The Hall–Kier alpha value is -2.55. The lowest BCUT2D eigenvalue weighted by atomic mass is 10.1. The molecule has 0 bridgehead atoms. The topological polar surface area (TPSA) is 108 Å². The summed E-state index contributed by atoms with van der Waals surface area (Å²) in [5.74, 6) is 0.411. The summed E-state index contributed by atoms with van der Waals surface area (Å²) in [5, 5.41) is 8.73. The van der Waals surface area contributed by atoms with Crippen LogP contribution in [0.25, 0.3) is 0 Å². The van der Waals surface area contributed by atoms with E-state index in [9.17, 15) is 19.2 Å². The van der Waals surface area contributed by atoms with Crippen LogP contribution in [0, 0.1) is 0 Å². The van der Waals surface area contributed by atoms with Gasteiger partial charge in [-0.25, -0.2) is 0 Å². The lowest BCUT2D eigenvalue weighted by Gasteiger charge is -2.31. The first kappa shape index (κ1) is 28.7. The highest BCUT2D eigenvalue weighted by molar-refractivity contribution is 7.98. The third-order valence-electron chi connectivity index (χ3n) is 5.96. The molecule has 0 spiro atoms. The number of nitrogens with zero attached hydrogens (tertiary/aromatic N) is 1. The standard InChI is InChI=1S/C26H40N4O4S/c1-35-19-15-22-26(34)29-16-7-3-6-12-23(31)27-17-9-18-28-24(32)13-8-14-25(33)30(22)20-21-10-4-2-5-11-21/h2,4-5,10-11,22H,3,6-9,12-20H2,1H3,(H,27,31)(H,28,32)(H,29,34). The van der Waals surface area contributed by atoms with Crippen molar-refractivity contribution < 1.29 is 19.2 Å². The first-order valence-electron chi connectivity index (χ1n) is 12.6. The van der Waals surface area contributed by atoms with E-state index < -0.39 is 6.04 Å². The molecular formula is C26H40N4O4S. The molecule has 1 aromatic carbocycles. The molecule has 8 nitrogen and oxygen atoms in total. The fourth-order valence-corrected chi connectivity index (χ4v) is 4.45. The Labute approximate surface area is 213 Å². The molecule has 1 aromatic rings. The van der Waals surface area contributed by atoms with Gasteiger partial charge in [-0.05, 0) is 49.7 Å². The van der Waals surface area contributed by atoms with Gasteiger partial charge in [0.1, 0.15) is 6.04 Å². The zero-order valence-electron chi connectivity index (χ0n) is 20.9. The van der Waals surface area contributed by atoms with E-state index >= 15 is 0 Å². The Bertz CT molecular complexity index is 806. The van der Waals surface area contributed by atoms with Gasteiger partial charge in [0.15, 0.2) is 0 Å². The molecule has 0 aliphatic carbocycles. The fraction of sp³-hybridized carbons (Fsp3) is 0.615. The predicted octanol–water partition coefficient (Wildman–Crippen LogP) is 2.62. The van der Waals surface area contributed by atoms with Gasteiger partial charge in [0.25, 0.3) is 0 Å². The van der Waals surface area contributed by atoms with Gasteiger partial charge in [0.2, 0.25) is 23.6 Å². The van der Waals surface area contributed by atoms with Crippen molar-refractivity contribution >= 4 is 35.4 Å². The SMILES string of the molecule is CSCCC1C(=O)NCCCCCC(=O)NCCCNC(=O)CCCC(=O)N1Cc1ccccc1. The summed E-state index contributed by atoms with van der Waals surface area (Å²) >= 11 is 1.65. The van der Waals surface area contributed by atoms with E-state index in [1.807, 2.05) is 36.6 Å². The van der Waals surface area contributed by atoms with Gasteiger partial charge in [-0.15, -0.1) is 0 Å². The van der Waals surface area contributed by atoms with Crippen molar-refractivity contribution in [2.75, 3.05) is 31.6 Å². The predicted molar refractivity (Wildman–Crippen MR) is 140 cm³/mol. The molecule has 0 radical (unpaired) electrons. The van der Waals surface area contributed by atoms with E-state index in [0.29, 0.717) is 51.9 Å². The number of amides is 4. The van der Waals surface area contributed by atoms with Crippen molar-refractivity contribution in [3.8, 4) is 0 Å². The van der Waals surface area contributed by atoms with Gasteiger partial charge < -0.3 is 20.9 Å². The van der Waals surface area contributed by atoms with Crippen molar-refractivity contribution in [1.29, 1.82) is 0 Å². The summed E-state index contributed by atoms with van der Waals surface area (Å²) in [5.41, 5.74) is 0.966. The Morgan fingerprint density at radius 2 is 1.46 bits per heavy atom. The second-order valence-corrected chi connectivity index (χ2v) is 9.80. The van der Waals surface area contributed by atoms with Crippen molar-refractivity contribution in [2.45, 2.75) is 70.4 Å². The number of carbonyl (C=O) groups excluding carboxylic acids is 4. The highest BCUT2D eigenvalue weighted by Crippen LogP contribution is 2.17. The van der Waals surface area contributed by atoms with Crippen LogP contribution in [0.4, 0.5) is 0 Å². The maximum Gasteiger partial charge on any atom is 0.242 e. The van der Waals surface area contributed by atoms with Crippen LogP contribution >= 0.6 is 11.8 Å². The van der Waals surface area contributed by atoms with E-state index in [1.165, 1.54) is 0 Å². The monoisotopic (exact) mass is 504 g/mol. The molecule has 4 amide bonds. The van der Waals surface area contributed by atoms with Gasteiger partial charge >= 0.3 is 0 Å². The molecule has 1 fully saturated rings. The summed E-state index contributed by atoms with van der Waals surface area (Å²) in [6.45, 7) is 1.89. The molecule has 1 unspecified atom stereocenters. The number of rotatable bonds is 5. The van der Waals surface area contributed by atoms with Crippen LogP contribution < -0.4 is 16.0 Å². The molecule has 194 valence electrons. The molecule has 1 heterocycles. The first-order valence-corrected chi connectivity index (χ1v) is 14.0. The largest absolute Gasteiger partial charge is 0.356 e. The minimum atomic E-state index is -0.569. The van der Waals surface area contributed by atoms with Crippen LogP contribution in [0.5, 0.6) is 0 Å². The molecule has 1 aliphatic rings. The van der Waals surface area contributed by atoms with Gasteiger partial charge in [0, 0.05) is 45.4 Å². The molecule has 0 aromatic heterocycles. The molecule has 0 saturated carbocycles. The summed E-state index contributed by atoms with van der Waals surface area (Å²) < 4.78 is 0. The van der Waals surface area contributed by atoms with E-state index in [0.717, 1.165) is 30.6 Å². The maximum atomic E-state index is 13.3. The Kier molecular flexibility index (Phi) is 13.9. The number of benzene rings is 1. The van der Waals surface area contributed by atoms with Gasteiger partial charge in [-0.2, -0.15) is 11.8 Å². The highest BCUT2D eigenvalue weighted by Gasteiger charge is 2.29. The summed E-state index contributed by atoms with van der Waals surface area (Å²) in [6, 6.07) is 9.12. The second-order valence-electron chi connectivity index (χ2n) is 8.81. The van der Waals surface area contributed by atoms with Crippen LogP contribution in [0.15, 0.2) is 30.3 Å². The van der Waals surface area contributed by atoms with Crippen molar-refractivity contribution in [2.24, 2.45) is 0 Å². The Morgan fingerprint density at radius 3 is 2.14 bits per heavy atom. The van der Waals surface area contributed by atoms with Crippen molar-refractivity contribution in [3.63, 3.8) is 0 Å². The lowest BCUT2D eigenvalue weighted by Crippen LogP contribution is -2.49. The average molecular weight is 505 g/mol.